The van der Waals surface area contributed by atoms with Crippen molar-refractivity contribution < 1.29 is 4.79 Å². The topological polar surface area (TPSA) is 65.8 Å². The Labute approximate surface area is 103 Å². The summed E-state index contributed by atoms with van der Waals surface area (Å²) in [6, 6.07) is 8.81. The lowest BCUT2D eigenvalue weighted by atomic mass is 10.2. The number of aromatic nitrogens is 1. The molecular weight excluding hydrogens is 234 g/mol. The number of nitrogens with zero attached hydrogens (tertiary/aromatic N) is 2. The van der Waals surface area contributed by atoms with Crippen molar-refractivity contribution in [1.29, 1.82) is 5.26 Å². The van der Waals surface area contributed by atoms with Crippen molar-refractivity contribution >= 4 is 22.9 Å². The molecule has 2 rings (SSSR count). The molecule has 0 bridgehead atoms. The summed E-state index contributed by atoms with van der Waals surface area (Å²) in [5.41, 5.74) is 1.13. The Balaban J connectivity index is 2.16. The molecule has 0 spiro atoms. The number of hydrogen-bond acceptors (Lipinski definition) is 4. The van der Waals surface area contributed by atoms with Gasteiger partial charge >= 0.3 is 0 Å². The molecule has 0 aliphatic carbocycles. The number of benzene rings is 1. The maximum atomic E-state index is 11.8. The number of anilines is 1. The summed E-state index contributed by atoms with van der Waals surface area (Å²) in [5.74, 6) is -0.203. The van der Waals surface area contributed by atoms with Crippen LogP contribution in [-0.4, -0.2) is 10.9 Å². The second kappa shape index (κ2) is 4.76. The van der Waals surface area contributed by atoms with Gasteiger partial charge in [0.1, 0.15) is 4.88 Å². The van der Waals surface area contributed by atoms with Gasteiger partial charge in [-0.15, -0.1) is 11.3 Å². The first-order chi connectivity index (χ1) is 8.19. The molecule has 17 heavy (non-hydrogen) atoms. The Hall–Kier alpha value is -2.19. The summed E-state index contributed by atoms with van der Waals surface area (Å²) >= 11 is 1.34. The highest BCUT2D eigenvalue weighted by Crippen LogP contribution is 2.15. The number of hydrogen-bond donors (Lipinski definition) is 1. The maximum Gasteiger partial charge on any atom is 0.267 e. The molecule has 1 N–H and O–H groups in total. The molecule has 2 aromatic rings. The van der Waals surface area contributed by atoms with Crippen LogP contribution in [-0.2, 0) is 0 Å². The second-order valence-electron chi connectivity index (χ2n) is 3.39. The van der Waals surface area contributed by atoms with Crippen LogP contribution in [0.5, 0.6) is 0 Å². The number of amides is 1. The van der Waals surface area contributed by atoms with Gasteiger partial charge < -0.3 is 5.32 Å². The van der Waals surface area contributed by atoms with Gasteiger partial charge in [-0.2, -0.15) is 5.26 Å². The molecule has 0 fully saturated rings. The fourth-order valence-electron chi connectivity index (χ4n) is 1.33. The third-order valence-electron chi connectivity index (χ3n) is 2.09. The lowest BCUT2D eigenvalue weighted by Gasteiger charge is -2.02. The summed E-state index contributed by atoms with van der Waals surface area (Å²) in [5, 5.41) is 12.3. The van der Waals surface area contributed by atoms with E-state index >= 15 is 0 Å². The van der Waals surface area contributed by atoms with E-state index in [-0.39, 0.29) is 5.91 Å². The number of aryl methyl sites for hydroxylation is 1. The average molecular weight is 243 g/mol. The van der Waals surface area contributed by atoms with E-state index < -0.39 is 0 Å². The van der Waals surface area contributed by atoms with Crippen molar-refractivity contribution in [3.63, 3.8) is 0 Å². The number of rotatable bonds is 2. The molecule has 0 aliphatic rings. The van der Waals surface area contributed by atoms with Gasteiger partial charge in [0.15, 0.2) is 0 Å². The van der Waals surface area contributed by atoms with E-state index in [4.69, 9.17) is 5.26 Å². The lowest BCUT2D eigenvalue weighted by molar-refractivity contribution is 0.103. The third-order valence-corrected chi connectivity index (χ3v) is 3.01. The third kappa shape index (κ3) is 2.68. The lowest BCUT2D eigenvalue weighted by Crippen LogP contribution is -2.10. The predicted molar refractivity (Wildman–Crippen MR) is 66.0 cm³/mol. The fourth-order valence-corrected chi connectivity index (χ4v) is 2.00. The van der Waals surface area contributed by atoms with Crippen molar-refractivity contribution in [2.75, 3.05) is 5.32 Å². The van der Waals surface area contributed by atoms with Crippen molar-refractivity contribution in [3.05, 3.63) is 45.9 Å². The highest BCUT2D eigenvalue weighted by atomic mass is 32.1. The highest BCUT2D eigenvalue weighted by molar-refractivity contribution is 7.13. The maximum absolute atomic E-state index is 11.8. The molecule has 4 nitrogen and oxygen atoms in total. The van der Waals surface area contributed by atoms with E-state index in [0.717, 1.165) is 5.01 Å². The highest BCUT2D eigenvalue weighted by Gasteiger charge is 2.09. The van der Waals surface area contributed by atoms with Crippen LogP contribution in [0.15, 0.2) is 30.5 Å². The van der Waals surface area contributed by atoms with Crippen molar-refractivity contribution in [2.45, 2.75) is 6.92 Å². The average Bonchev–Trinajstić information content (AvgIpc) is 2.76. The van der Waals surface area contributed by atoms with E-state index in [0.29, 0.717) is 16.1 Å². The molecule has 0 saturated heterocycles. The number of nitriles is 1. The molecule has 1 heterocycles. The Morgan fingerprint density at radius 1 is 1.53 bits per heavy atom. The van der Waals surface area contributed by atoms with Gasteiger partial charge in [-0.1, -0.05) is 6.07 Å². The summed E-state index contributed by atoms with van der Waals surface area (Å²) in [4.78, 5) is 16.4. The SMILES string of the molecule is Cc1ncc(C(=O)Nc2cccc(C#N)c2)s1. The minimum Gasteiger partial charge on any atom is -0.321 e. The van der Waals surface area contributed by atoms with Gasteiger partial charge in [0.2, 0.25) is 0 Å². The molecule has 1 amide bonds. The zero-order valence-corrected chi connectivity index (χ0v) is 9.91. The van der Waals surface area contributed by atoms with Crippen LogP contribution in [0.4, 0.5) is 5.69 Å². The Morgan fingerprint density at radius 2 is 2.35 bits per heavy atom. The summed E-state index contributed by atoms with van der Waals surface area (Å²) in [7, 11) is 0. The smallest absolute Gasteiger partial charge is 0.267 e. The van der Waals surface area contributed by atoms with Crippen LogP contribution in [0, 0.1) is 18.3 Å². The van der Waals surface area contributed by atoms with Crippen LogP contribution in [0.1, 0.15) is 20.2 Å². The minimum absolute atomic E-state index is 0.203. The molecule has 1 aromatic heterocycles. The van der Waals surface area contributed by atoms with Gasteiger partial charge in [0, 0.05) is 5.69 Å². The molecular formula is C12H9N3OS. The number of nitrogens with one attached hydrogen (secondary N) is 1. The van der Waals surface area contributed by atoms with Crippen molar-refractivity contribution in [1.82, 2.24) is 4.98 Å². The largest absolute Gasteiger partial charge is 0.321 e. The van der Waals surface area contributed by atoms with Crippen LogP contribution in [0.3, 0.4) is 0 Å². The van der Waals surface area contributed by atoms with E-state index in [1.807, 2.05) is 13.0 Å². The number of carbonyl (C=O) groups is 1. The standard InChI is InChI=1S/C12H9N3OS/c1-8-14-7-11(17-8)12(16)15-10-4-2-3-9(5-10)6-13/h2-5,7H,1H3,(H,15,16). The van der Waals surface area contributed by atoms with E-state index in [2.05, 4.69) is 10.3 Å². The van der Waals surface area contributed by atoms with Gasteiger partial charge in [-0.05, 0) is 25.1 Å². The first-order valence-electron chi connectivity index (χ1n) is 4.93. The molecule has 1 aromatic carbocycles. The van der Waals surface area contributed by atoms with Crippen molar-refractivity contribution in [3.8, 4) is 6.07 Å². The Bertz CT molecular complexity index is 598. The summed E-state index contributed by atoms with van der Waals surface area (Å²) in [6.45, 7) is 1.84. The molecule has 0 unspecified atom stereocenters. The minimum atomic E-state index is -0.203. The monoisotopic (exact) mass is 243 g/mol. The Morgan fingerprint density at radius 3 is 3.00 bits per heavy atom. The molecule has 0 atom stereocenters. The van der Waals surface area contributed by atoms with Gasteiger partial charge in [0.05, 0.1) is 22.8 Å². The van der Waals surface area contributed by atoms with E-state index in [1.165, 1.54) is 11.3 Å². The fraction of sp³-hybridized carbons (Fsp3) is 0.0833. The summed E-state index contributed by atoms with van der Waals surface area (Å²) < 4.78 is 0. The van der Waals surface area contributed by atoms with Gasteiger partial charge in [0.25, 0.3) is 5.91 Å². The van der Waals surface area contributed by atoms with Crippen LogP contribution in [0.2, 0.25) is 0 Å². The van der Waals surface area contributed by atoms with Crippen LogP contribution in [0.25, 0.3) is 0 Å². The van der Waals surface area contributed by atoms with Crippen LogP contribution >= 0.6 is 11.3 Å². The first-order valence-corrected chi connectivity index (χ1v) is 5.74. The van der Waals surface area contributed by atoms with Crippen molar-refractivity contribution in [2.24, 2.45) is 0 Å². The normalized spacial score (nSPS) is 9.65. The zero-order chi connectivity index (χ0) is 12.3. The molecule has 5 heteroatoms. The van der Waals surface area contributed by atoms with Crippen LogP contribution < -0.4 is 5.32 Å². The predicted octanol–water partition coefficient (Wildman–Crippen LogP) is 2.58. The van der Waals surface area contributed by atoms with E-state index in [1.54, 1.807) is 30.5 Å². The molecule has 0 saturated carbocycles. The molecule has 0 radical (unpaired) electrons. The molecule has 84 valence electrons. The van der Waals surface area contributed by atoms with E-state index in [9.17, 15) is 4.79 Å². The number of thiazole rings is 1. The summed E-state index contributed by atoms with van der Waals surface area (Å²) in [6.07, 6.45) is 1.55. The molecule has 0 aliphatic heterocycles. The number of carbonyl (C=O) groups excluding carboxylic acids is 1. The zero-order valence-electron chi connectivity index (χ0n) is 9.10. The second-order valence-corrected chi connectivity index (χ2v) is 4.63. The van der Waals surface area contributed by atoms with Gasteiger partial charge in [-0.3, -0.25) is 4.79 Å². The Kier molecular flexibility index (Phi) is 3.17. The van der Waals surface area contributed by atoms with Gasteiger partial charge in [-0.25, -0.2) is 4.98 Å². The first kappa shape index (κ1) is 11.3. The quantitative estimate of drug-likeness (QED) is 0.881.